The zero-order valence-corrected chi connectivity index (χ0v) is 7.32. The molecule has 0 fully saturated rings. The van der Waals surface area contributed by atoms with E-state index in [0.29, 0.717) is 12.8 Å². The molecule has 0 aliphatic carbocycles. The highest BCUT2D eigenvalue weighted by molar-refractivity contribution is 5.95. The van der Waals surface area contributed by atoms with Crippen LogP contribution in [0.5, 0.6) is 0 Å². The van der Waals surface area contributed by atoms with E-state index in [1.807, 2.05) is 6.92 Å². The highest BCUT2D eigenvalue weighted by atomic mass is 17.1. The standard InChI is InChI=1S/C8H12O5/c1-2-3-4-6(5-7(9)10)8(11)13-12/h5,12H,2-4H2,1H3,(H,9,10)/b6-5-. The van der Waals surface area contributed by atoms with Crippen LogP contribution in [-0.2, 0) is 14.5 Å². The van der Waals surface area contributed by atoms with Crippen LogP contribution in [0.2, 0.25) is 0 Å². The van der Waals surface area contributed by atoms with Crippen molar-refractivity contribution in [3.8, 4) is 0 Å². The van der Waals surface area contributed by atoms with Crippen molar-refractivity contribution in [2.24, 2.45) is 0 Å². The van der Waals surface area contributed by atoms with Gasteiger partial charge in [0.15, 0.2) is 0 Å². The molecule has 0 aromatic rings. The summed E-state index contributed by atoms with van der Waals surface area (Å²) in [4.78, 5) is 24.4. The van der Waals surface area contributed by atoms with Crippen LogP contribution in [0.4, 0.5) is 0 Å². The molecule has 0 bridgehead atoms. The van der Waals surface area contributed by atoms with E-state index in [1.165, 1.54) is 0 Å². The van der Waals surface area contributed by atoms with Gasteiger partial charge in [-0.05, 0) is 12.8 Å². The summed E-state index contributed by atoms with van der Waals surface area (Å²) in [6, 6.07) is 0. The molecule has 5 heteroatoms. The van der Waals surface area contributed by atoms with Gasteiger partial charge in [0.25, 0.3) is 0 Å². The molecule has 0 rings (SSSR count). The van der Waals surface area contributed by atoms with Crippen LogP contribution >= 0.6 is 0 Å². The lowest BCUT2D eigenvalue weighted by atomic mass is 10.1. The first-order chi connectivity index (χ1) is 6.11. The molecule has 0 atom stereocenters. The predicted octanol–water partition coefficient (Wildman–Crippen LogP) is 1.20. The van der Waals surface area contributed by atoms with E-state index in [9.17, 15) is 9.59 Å². The van der Waals surface area contributed by atoms with E-state index in [4.69, 9.17) is 10.4 Å². The number of hydrogen-bond donors (Lipinski definition) is 2. The van der Waals surface area contributed by atoms with Crippen molar-refractivity contribution in [2.75, 3.05) is 0 Å². The van der Waals surface area contributed by atoms with Gasteiger partial charge in [-0.25, -0.2) is 9.59 Å². The Labute approximate surface area is 75.6 Å². The maximum absolute atomic E-state index is 10.7. The summed E-state index contributed by atoms with van der Waals surface area (Å²) in [6.07, 6.45) is 2.54. The summed E-state index contributed by atoms with van der Waals surface area (Å²) >= 11 is 0. The summed E-state index contributed by atoms with van der Waals surface area (Å²) in [5.74, 6) is -2.23. The van der Waals surface area contributed by atoms with Crippen LogP contribution in [0.3, 0.4) is 0 Å². The minimum atomic E-state index is -1.23. The summed E-state index contributed by atoms with van der Waals surface area (Å²) in [5, 5.41) is 16.4. The van der Waals surface area contributed by atoms with Crippen molar-refractivity contribution in [1.82, 2.24) is 0 Å². The molecule has 0 saturated carbocycles. The Morgan fingerprint density at radius 3 is 2.46 bits per heavy atom. The first-order valence-corrected chi connectivity index (χ1v) is 3.91. The van der Waals surface area contributed by atoms with Crippen molar-refractivity contribution in [3.05, 3.63) is 11.6 Å². The van der Waals surface area contributed by atoms with E-state index >= 15 is 0 Å². The molecule has 0 aromatic carbocycles. The van der Waals surface area contributed by atoms with E-state index in [-0.39, 0.29) is 5.57 Å². The van der Waals surface area contributed by atoms with Crippen molar-refractivity contribution in [1.29, 1.82) is 0 Å². The van der Waals surface area contributed by atoms with Gasteiger partial charge in [-0.1, -0.05) is 13.3 Å². The first-order valence-electron chi connectivity index (χ1n) is 3.91. The normalized spacial score (nSPS) is 11.1. The molecular formula is C8H12O5. The number of hydrogen-bond acceptors (Lipinski definition) is 4. The number of carbonyl (C=O) groups is 2. The molecule has 0 amide bonds. The molecule has 5 nitrogen and oxygen atoms in total. The first kappa shape index (κ1) is 11.6. The smallest absolute Gasteiger partial charge is 0.369 e. The van der Waals surface area contributed by atoms with Gasteiger partial charge in [0, 0.05) is 11.6 Å². The van der Waals surface area contributed by atoms with Gasteiger partial charge in [-0.3, -0.25) is 4.89 Å². The molecular weight excluding hydrogens is 176 g/mol. The topological polar surface area (TPSA) is 83.8 Å². The van der Waals surface area contributed by atoms with Gasteiger partial charge in [-0.15, -0.1) is 0 Å². The fraction of sp³-hybridized carbons (Fsp3) is 0.500. The Morgan fingerprint density at radius 2 is 2.08 bits per heavy atom. The van der Waals surface area contributed by atoms with E-state index in [0.717, 1.165) is 12.5 Å². The third kappa shape index (κ3) is 4.97. The second-order valence-electron chi connectivity index (χ2n) is 2.49. The molecule has 13 heavy (non-hydrogen) atoms. The molecule has 0 aromatic heterocycles. The van der Waals surface area contributed by atoms with Crippen LogP contribution in [0, 0.1) is 0 Å². The number of unbranched alkanes of at least 4 members (excludes halogenated alkanes) is 1. The number of carboxylic acids is 1. The predicted molar refractivity (Wildman–Crippen MR) is 44.0 cm³/mol. The van der Waals surface area contributed by atoms with E-state index in [2.05, 4.69) is 4.89 Å². The lowest BCUT2D eigenvalue weighted by Crippen LogP contribution is -2.07. The third-order valence-corrected chi connectivity index (χ3v) is 1.44. The van der Waals surface area contributed by atoms with Crippen LogP contribution in [0.15, 0.2) is 11.6 Å². The quantitative estimate of drug-likeness (QED) is 0.384. The number of carboxylic acid groups (broad SMARTS) is 1. The van der Waals surface area contributed by atoms with Crippen molar-refractivity contribution < 1.29 is 24.8 Å². The lowest BCUT2D eigenvalue weighted by molar-refractivity contribution is -0.229. The van der Waals surface area contributed by atoms with Crippen LogP contribution in [0.25, 0.3) is 0 Å². The van der Waals surface area contributed by atoms with Crippen molar-refractivity contribution in [2.45, 2.75) is 26.2 Å². The Morgan fingerprint density at radius 1 is 1.46 bits per heavy atom. The molecule has 0 heterocycles. The summed E-state index contributed by atoms with van der Waals surface area (Å²) in [7, 11) is 0. The highest BCUT2D eigenvalue weighted by Gasteiger charge is 2.11. The number of aliphatic carboxylic acids is 1. The van der Waals surface area contributed by atoms with Gasteiger partial charge in [0.2, 0.25) is 0 Å². The third-order valence-electron chi connectivity index (χ3n) is 1.44. The summed E-state index contributed by atoms with van der Waals surface area (Å²) < 4.78 is 0. The molecule has 0 unspecified atom stereocenters. The van der Waals surface area contributed by atoms with E-state index < -0.39 is 11.9 Å². The Bertz CT molecular complexity index is 219. The van der Waals surface area contributed by atoms with Crippen LogP contribution < -0.4 is 0 Å². The van der Waals surface area contributed by atoms with Crippen LogP contribution in [0.1, 0.15) is 26.2 Å². The molecule has 74 valence electrons. The highest BCUT2D eigenvalue weighted by Crippen LogP contribution is 2.08. The van der Waals surface area contributed by atoms with Gasteiger partial charge in [0.05, 0.1) is 0 Å². The molecule has 0 saturated heterocycles. The van der Waals surface area contributed by atoms with Crippen molar-refractivity contribution in [3.63, 3.8) is 0 Å². The van der Waals surface area contributed by atoms with Crippen LogP contribution in [-0.4, -0.2) is 22.3 Å². The minimum absolute atomic E-state index is 0.0307. The second-order valence-corrected chi connectivity index (χ2v) is 2.49. The molecule has 0 radical (unpaired) electrons. The largest absolute Gasteiger partial charge is 0.478 e. The average molecular weight is 188 g/mol. The maximum atomic E-state index is 10.7. The Hall–Kier alpha value is -1.36. The van der Waals surface area contributed by atoms with Crippen molar-refractivity contribution >= 4 is 11.9 Å². The van der Waals surface area contributed by atoms with Gasteiger partial charge >= 0.3 is 11.9 Å². The second kappa shape index (κ2) is 6.19. The molecule has 2 N–H and O–H groups in total. The van der Waals surface area contributed by atoms with Gasteiger partial charge in [0.1, 0.15) is 0 Å². The fourth-order valence-corrected chi connectivity index (χ4v) is 0.808. The zero-order valence-electron chi connectivity index (χ0n) is 7.32. The molecule has 0 spiro atoms. The molecule has 0 aliphatic heterocycles. The van der Waals surface area contributed by atoms with Gasteiger partial charge < -0.3 is 5.11 Å². The SMILES string of the molecule is CCCC/C(=C/C(=O)O)C(=O)OO. The summed E-state index contributed by atoms with van der Waals surface area (Å²) in [6.45, 7) is 1.91. The zero-order chi connectivity index (χ0) is 10.3. The average Bonchev–Trinajstić information content (AvgIpc) is 2.10. The lowest BCUT2D eigenvalue weighted by Gasteiger charge is -2.00. The maximum Gasteiger partial charge on any atom is 0.369 e. The Kier molecular flexibility index (Phi) is 5.54. The monoisotopic (exact) mass is 188 g/mol. The fourth-order valence-electron chi connectivity index (χ4n) is 0.808. The Balaban J connectivity index is 4.36. The minimum Gasteiger partial charge on any atom is -0.478 e. The van der Waals surface area contributed by atoms with Gasteiger partial charge in [-0.2, -0.15) is 5.26 Å². The number of rotatable bonds is 5. The van der Waals surface area contributed by atoms with E-state index in [1.54, 1.807) is 0 Å². The molecule has 0 aliphatic rings. The number of carbonyl (C=O) groups excluding carboxylic acids is 1. The summed E-state index contributed by atoms with van der Waals surface area (Å²) in [5.41, 5.74) is -0.0307.